The summed E-state index contributed by atoms with van der Waals surface area (Å²) in [6.07, 6.45) is 6.63. The van der Waals surface area contributed by atoms with E-state index in [9.17, 15) is 4.79 Å². The first-order chi connectivity index (χ1) is 15.7. The van der Waals surface area contributed by atoms with Gasteiger partial charge in [0.25, 0.3) is 0 Å². The molecular weight excluding hydrogens is 442 g/mol. The van der Waals surface area contributed by atoms with Crippen molar-refractivity contribution in [2.45, 2.75) is 23.3 Å². The predicted octanol–water partition coefficient (Wildman–Crippen LogP) is 3.46. The summed E-state index contributed by atoms with van der Waals surface area (Å²) in [6, 6.07) is 8.05. The van der Waals surface area contributed by atoms with Crippen molar-refractivity contribution in [2.24, 2.45) is 0 Å². The molecule has 32 heavy (non-hydrogen) atoms. The average molecular weight is 468 g/mol. The van der Waals surface area contributed by atoms with Crippen LogP contribution in [0, 0.1) is 0 Å². The van der Waals surface area contributed by atoms with E-state index in [1.54, 1.807) is 18.0 Å². The van der Waals surface area contributed by atoms with Gasteiger partial charge in [-0.3, -0.25) is 14.1 Å². The van der Waals surface area contributed by atoms with Crippen LogP contribution in [0.1, 0.15) is 13.3 Å². The first kappa shape index (κ1) is 21.3. The molecule has 0 bridgehead atoms. The van der Waals surface area contributed by atoms with Gasteiger partial charge in [0.2, 0.25) is 11.7 Å². The Kier molecular flexibility index (Phi) is 6.35. The van der Waals surface area contributed by atoms with E-state index in [1.165, 1.54) is 11.3 Å². The summed E-state index contributed by atoms with van der Waals surface area (Å²) in [4.78, 5) is 31.6. The molecule has 0 spiro atoms. The molecule has 1 aliphatic rings. The molecule has 0 aliphatic carbocycles. The average Bonchev–Trinajstić information content (AvgIpc) is 3.31. The number of aromatic nitrogens is 4. The molecule has 0 unspecified atom stereocenters. The van der Waals surface area contributed by atoms with Crippen LogP contribution < -0.4 is 5.32 Å². The minimum Gasteiger partial charge on any atom is -0.302 e. The summed E-state index contributed by atoms with van der Waals surface area (Å²) in [7, 11) is 0. The number of amides is 1. The van der Waals surface area contributed by atoms with Gasteiger partial charge >= 0.3 is 0 Å². The maximum absolute atomic E-state index is 12.6. The molecule has 1 amide bonds. The summed E-state index contributed by atoms with van der Waals surface area (Å²) >= 11 is 3.14. The number of likely N-dealkylation sites (N-methyl/N-ethyl adjacent to an activating group) is 1. The zero-order valence-corrected chi connectivity index (χ0v) is 19.5. The molecule has 4 heterocycles. The molecule has 4 aromatic rings. The molecule has 3 aromatic heterocycles. The van der Waals surface area contributed by atoms with Crippen LogP contribution in [-0.4, -0.2) is 74.3 Å². The third-order valence-corrected chi connectivity index (χ3v) is 7.51. The Hall–Kier alpha value is -2.53. The van der Waals surface area contributed by atoms with Gasteiger partial charge < -0.3 is 10.2 Å². The molecule has 166 valence electrons. The summed E-state index contributed by atoms with van der Waals surface area (Å²) in [5.41, 5.74) is 0.891. The van der Waals surface area contributed by atoms with E-state index in [0.29, 0.717) is 17.5 Å². The van der Waals surface area contributed by atoms with Crippen LogP contribution in [0.3, 0.4) is 0 Å². The van der Waals surface area contributed by atoms with Gasteiger partial charge in [-0.15, -0.1) is 0 Å². The van der Waals surface area contributed by atoms with E-state index in [-0.39, 0.29) is 5.91 Å². The van der Waals surface area contributed by atoms with Crippen molar-refractivity contribution in [2.75, 3.05) is 44.6 Å². The van der Waals surface area contributed by atoms with E-state index >= 15 is 0 Å². The Bertz CT molecular complexity index is 1240. The van der Waals surface area contributed by atoms with Crippen molar-refractivity contribution < 1.29 is 4.79 Å². The Labute approximate surface area is 194 Å². The number of imidazole rings is 1. The Balaban J connectivity index is 1.24. The Morgan fingerprint density at radius 2 is 2.06 bits per heavy atom. The highest BCUT2D eigenvalue weighted by atomic mass is 32.2. The fourth-order valence-electron chi connectivity index (χ4n) is 3.88. The van der Waals surface area contributed by atoms with Gasteiger partial charge in [0.15, 0.2) is 5.13 Å². The number of carbonyl (C=O) groups excluding carboxylic acids is 1. The fraction of sp³-hybridized carbons (Fsp3) is 0.364. The number of hydrogen-bond acceptors (Lipinski definition) is 8. The molecular formula is C22H25N7OS2. The number of hydrogen-bond donors (Lipinski definition) is 1. The smallest absolute Gasteiger partial charge is 0.240 e. The van der Waals surface area contributed by atoms with Crippen LogP contribution in [0.2, 0.25) is 0 Å². The molecule has 1 saturated heterocycles. The minimum atomic E-state index is 0.00170. The lowest BCUT2D eigenvalue weighted by Gasteiger charge is -2.19. The monoisotopic (exact) mass is 467 g/mol. The summed E-state index contributed by atoms with van der Waals surface area (Å²) in [5.74, 6) is 0.688. The standard InChI is InChI=1S/C22H25N7OS2/c1-2-27-8-4-9-28(12-11-27)15-19(30)26-22-25-17-6-5-16(13-18(17)32-22)31-20-14-24-21-23-7-3-10-29(20)21/h3,5-7,10,13-14H,2,4,8-9,11-12,15H2,1H3,(H,25,26,30). The normalized spacial score (nSPS) is 15.9. The maximum atomic E-state index is 12.6. The highest BCUT2D eigenvalue weighted by molar-refractivity contribution is 7.99. The largest absolute Gasteiger partial charge is 0.302 e. The lowest BCUT2D eigenvalue weighted by atomic mass is 10.3. The predicted molar refractivity (Wildman–Crippen MR) is 129 cm³/mol. The van der Waals surface area contributed by atoms with E-state index < -0.39 is 0 Å². The van der Waals surface area contributed by atoms with E-state index in [4.69, 9.17) is 0 Å². The fourth-order valence-corrected chi connectivity index (χ4v) is 5.78. The van der Waals surface area contributed by atoms with Crippen LogP contribution in [0.25, 0.3) is 16.0 Å². The van der Waals surface area contributed by atoms with Gasteiger partial charge in [0.1, 0.15) is 5.03 Å². The molecule has 10 heteroatoms. The van der Waals surface area contributed by atoms with Crippen LogP contribution in [-0.2, 0) is 4.79 Å². The second-order valence-electron chi connectivity index (χ2n) is 7.75. The first-order valence-electron chi connectivity index (χ1n) is 10.8. The van der Waals surface area contributed by atoms with E-state index in [1.807, 2.05) is 35.0 Å². The molecule has 1 fully saturated rings. The summed E-state index contributed by atoms with van der Waals surface area (Å²) < 4.78 is 3.01. The number of nitrogens with zero attached hydrogens (tertiary/aromatic N) is 6. The Morgan fingerprint density at radius 1 is 1.19 bits per heavy atom. The number of benzene rings is 1. The number of anilines is 1. The molecule has 1 aromatic carbocycles. The number of nitrogens with one attached hydrogen (secondary N) is 1. The topological polar surface area (TPSA) is 78.7 Å². The molecule has 1 N–H and O–H groups in total. The van der Waals surface area contributed by atoms with Gasteiger partial charge in [-0.1, -0.05) is 30.0 Å². The van der Waals surface area contributed by atoms with Gasteiger partial charge in [-0.2, -0.15) is 0 Å². The van der Waals surface area contributed by atoms with Crippen molar-refractivity contribution in [1.82, 2.24) is 29.2 Å². The molecule has 5 rings (SSSR count). The SMILES string of the molecule is CCN1CCCN(CC(=O)Nc2nc3ccc(Sc4cnc5ncccn45)cc3s2)CC1. The van der Waals surface area contributed by atoms with Crippen molar-refractivity contribution in [3.63, 3.8) is 0 Å². The zero-order valence-electron chi connectivity index (χ0n) is 17.9. The Morgan fingerprint density at radius 3 is 2.97 bits per heavy atom. The maximum Gasteiger partial charge on any atom is 0.240 e. The number of fused-ring (bicyclic) bond motifs is 2. The van der Waals surface area contributed by atoms with Gasteiger partial charge in [0, 0.05) is 30.4 Å². The molecule has 1 aliphatic heterocycles. The number of thiazole rings is 1. The van der Waals surface area contributed by atoms with Crippen LogP contribution in [0.5, 0.6) is 0 Å². The van der Waals surface area contributed by atoms with E-state index in [0.717, 1.165) is 59.3 Å². The van der Waals surface area contributed by atoms with Gasteiger partial charge in [-0.05, 0) is 50.3 Å². The molecule has 0 saturated carbocycles. The summed E-state index contributed by atoms with van der Waals surface area (Å²) in [5, 5.41) is 4.65. The van der Waals surface area contributed by atoms with Crippen molar-refractivity contribution in [3.05, 3.63) is 42.9 Å². The molecule has 0 atom stereocenters. The lowest BCUT2D eigenvalue weighted by molar-refractivity contribution is -0.117. The van der Waals surface area contributed by atoms with Crippen molar-refractivity contribution in [3.8, 4) is 0 Å². The number of rotatable bonds is 6. The first-order valence-corrected chi connectivity index (χ1v) is 12.4. The minimum absolute atomic E-state index is 0.00170. The highest BCUT2D eigenvalue weighted by Crippen LogP contribution is 2.33. The molecule has 8 nitrogen and oxygen atoms in total. The zero-order chi connectivity index (χ0) is 21.9. The lowest BCUT2D eigenvalue weighted by Crippen LogP contribution is -2.36. The van der Waals surface area contributed by atoms with E-state index in [2.05, 4.69) is 43.1 Å². The highest BCUT2D eigenvalue weighted by Gasteiger charge is 2.17. The van der Waals surface area contributed by atoms with Gasteiger partial charge in [-0.25, -0.2) is 15.0 Å². The second-order valence-corrected chi connectivity index (χ2v) is 9.87. The third-order valence-electron chi connectivity index (χ3n) is 5.58. The summed E-state index contributed by atoms with van der Waals surface area (Å²) in [6.45, 7) is 7.70. The second kappa shape index (κ2) is 9.53. The third kappa shape index (κ3) is 4.78. The molecule has 0 radical (unpaired) electrons. The number of carbonyl (C=O) groups is 1. The van der Waals surface area contributed by atoms with Crippen LogP contribution in [0.15, 0.2) is 52.8 Å². The van der Waals surface area contributed by atoms with Gasteiger partial charge in [0.05, 0.1) is 23.0 Å². The van der Waals surface area contributed by atoms with Crippen molar-refractivity contribution >= 4 is 50.1 Å². The van der Waals surface area contributed by atoms with Crippen LogP contribution >= 0.6 is 23.1 Å². The quantitative estimate of drug-likeness (QED) is 0.465. The van der Waals surface area contributed by atoms with Crippen molar-refractivity contribution in [1.29, 1.82) is 0 Å². The van der Waals surface area contributed by atoms with Crippen LogP contribution in [0.4, 0.5) is 5.13 Å².